The highest BCUT2D eigenvalue weighted by atomic mass is 15.0. The van der Waals surface area contributed by atoms with E-state index in [2.05, 4.69) is 130 Å². The molecule has 4 aromatic heterocycles. The molecule has 194 valence electrons. The van der Waals surface area contributed by atoms with Crippen LogP contribution in [0.25, 0.3) is 66.1 Å². The quantitative estimate of drug-likeness (QED) is 0.225. The Balaban J connectivity index is 1.29. The number of hydrogen-bond acceptors (Lipinski definition) is 2. The molecule has 4 aromatic carbocycles. The van der Waals surface area contributed by atoms with Gasteiger partial charge in [0, 0.05) is 51.2 Å². The molecule has 4 nitrogen and oxygen atoms in total. The van der Waals surface area contributed by atoms with E-state index in [-0.39, 0.29) is 5.41 Å². The third-order valence-corrected chi connectivity index (χ3v) is 9.09. The predicted molar refractivity (Wildman–Crippen MR) is 168 cm³/mol. The zero-order chi connectivity index (χ0) is 27.3. The van der Waals surface area contributed by atoms with Crippen LogP contribution in [-0.4, -0.2) is 19.1 Å². The first-order valence-electron chi connectivity index (χ1n) is 14.1. The molecular weight excluding hydrogens is 500 g/mol. The van der Waals surface area contributed by atoms with Gasteiger partial charge in [-0.2, -0.15) is 0 Å². The summed E-state index contributed by atoms with van der Waals surface area (Å²) >= 11 is 0. The third-order valence-electron chi connectivity index (χ3n) is 9.09. The first-order chi connectivity index (χ1) is 20.1. The maximum atomic E-state index is 4.49. The van der Waals surface area contributed by atoms with Gasteiger partial charge in [-0.25, -0.2) is 0 Å². The fourth-order valence-electron chi connectivity index (χ4n) is 7.13. The normalized spacial score (nSPS) is 13.8. The van der Waals surface area contributed by atoms with Crippen molar-refractivity contribution in [2.24, 2.45) is 0 Å². The highest BCUT2D eigenvalue weighted by Crippen LogP contribution is 2.48. The third kappa shape index (κ3) is 2.94. The van der Waals surface area contributed by atoms with E-state index < -0.39 is 0 Å². The Hall–Kier alpha value is -5.22. The van der Waals surface area contributed by atoms with Gasteiger partial charge in [0.25, 0.3) is 0 Å². The van der Waals surface area contributed by atoms with E-state index in [9.17, 15) is 0 Å². The minimum absolute atomic E-state index is 0.153. The van der Waals surface area contributed by atoms with Crippen molar-refractivity contribution >= 4 is 43.6 Å². The van der Waals surface area contributed by atoms with Crippen molar-refractivity contribution < 1.29 is 0 Å². The van der Waals surface area contributed by atoms with Gasteiger partial charge in [-0.15, -0.1) is 0 Å². The molecule has 0 fully saturated rings. The molecule has 1 aliphatic rings. The lowest BCUT2D eigenvalue weighted by Crippen LogP contribution is -2.26. The number of benzene rings is 4. The van der Waals surface area contributed by atoms with Gasteiger partial charge < -0.3 is 9.13 Å². The van der Waals surface area contributed by atoms with Gasteiger partial charge in [0.2, 0.25) is 0 Å². The van der Waals surface area contributed by atoms with Crippen LogP contribution in [0.3, 0.4) is 0 Å². The monoisotopic (exact) mass is 526 g/mol. The molecular formula is C37H26N4. The van der Waals surface area contributed by atoms with E-state index in [4.69, 9.17) is 0 Å². The number of nitrogens with zero attached hydrogens (tertiary/aromatic N) is 4. The molecule has 9 rings (SSSR count). The van der Waals surface area contributed by atoms with Crippen molar-refractivity contribution in [1.82, 2.24) is 19.1 Å². The minimum Gasteiger partial charge on any atom is -0.309 e. The molecule has 5 heterocycles. The number of para-hydroxylation sites is 2. The highest BCUT2D eigenvalue weighted by Gasteiger charge is 2.35. The molecule has 0 saturated carbocycles. The van der Waals surface area contributed by atoms with Gasteiger partial charge in [0.1, 0.15) is 0 Å². The smallest absolute Gasteiger partial charge is 0.0724 e. The summed E-state index contributed by atoms with van der Waals surface area (Å²) in [4.78, 5) is 8.98. The summed E-state index contributed by atoms with van der Waals surface area (Å²) < 4.78 is 4.75. The predicted octanol–water partition coefficient (Wildman–Crippen LogP) is 8.98. The Morgan fingerprint density at radius 3 is 2.22 bits per heavy atom. The van der Waals surface area contributed by atoms with Crippen LogP contribution in [0.2, 0.25) is 0 Å². The van der Waals surface area contributed by atoms with Crippen LogP contribution in [0, 0.1) is 0 Å². The second kappa shape index (κ2) is 7.92. The Bertz CT molecular complexity index is 2340. The molecule has 0 N–H and O–H groups in total. The average Bonchev–Trinajstić information content (AvgIpc) is 3.53. The lowest BCUT2D eigenvalue weighted by molar-refractivity contribution is 0.630. The maximum absolute atomic E-state index is 4.49. The molecule has 41 heavy (non-hydrogen) atoms. The lowest BCUT2D eigenvalue weighted by atomic mass is 9.74. The molecule has 0 bridgehead atoms. The fraction of sp³-hybridized carbons (Fsp3) is 0.0811. The standard InChI is InChI=1S/C37H26N4/c1-37(2)30-10-6-9-27-26-15-17-39-22-35(26)41(36(27)30)34-14-12-24(20-31(34)37)23-11-13-32-28(19-23)29-21-38-18-16-33(29)40(32)25-7-4-3-5-8-25/h3-22H,1-2H3. The Kier molecular flexibility index (Phi) is 4.36. The van der Waals surface area contributed by atoms with Crippen LogP contribution >= 0.6 is 0 Å². The van der Waals surface area contributed by atoms with Crippen molar-refractivity contribution in [3.05, 3.63) is 133 Å². The molecule has 8 aromatic rings. The number of rotatable bonds is 2. The van der Waals surface area contributed by atoms with E-state index in [1.165, 1.54) is 60.6 Å². The van der Waals surface area contributed by atoms with E-state index in [0.717, 1.165) is 16.6 Å². The number of hydrogen-bond donors (Lipinski definition) is 0. The van der Waals surface area contributed by atoms with Crippen LogP contribution in [0.15, 0.2) is 122 Å². The summed E-state index contributed by atoms with van der Waals surface area (Å²) in [5.41, 5.74) is 12.1. The molecule has 0 saturated heterocycles. The van der Waals surface area contributed by atoms with Gasteiger partial charge in [0.15, 0.2) is 0 Å². The van der Waals surface area contributed by atoms with Crippen LogP contribution in [0.4, 0.5) is 0 Å². The number of aromatic nitrogens is 4. The van der Waals surface area contributed by atoms with Crippen molar-refractivity contribution in [3.8, 4) is 22.5 Å². The van der Waals surface area contributed by atoms with E-state index in [0.29, 0.717) is 0 Å². The number of fused-ring (bicyclic) bond motifs is 8. The van der Waals surface area contributed by atoms with Crippen LogP contribution in [0.1, 0.15) is 25.0 Å². The fourth-order valence-corrected chi connectivity index (χ4v) is 7.13. The largest absolute Gasteiger partial charge is 0.309 e. The van der Waals surface area contributed by atoms with Gasteiger partial charge in [0.05, 0.1) is 34.0 Å². The Labute approximate surface area is 237 Å². The topological polar surface area (TPSA) is 35.6 Å². The second-order valence-corrected chi connectivity index (χ2v) is 11.6. The number of pyridine rings is 2. The molecule has 0 amide bonds. The van der Waals surface area contributed by atoms with Crippen LogP contribution in [0.5, 0.6) is 0 Å². The summed E-state index contributed by atoms with van der Waals surface area (Å²) in [5.74, 6) is 0. The van der Waals surface area contributed by atoms with Crippen molar-refractivity contribution in [2.75, 3.05) is 0 Å². The zero-order valence-corrected chi connectivity index (χ0v) is 22.8. The Morgan fingerprint density at radius 2 is 1.32 bits per heavy atom. The molecule has 1 aliphatic heterocycles. The summed E-state index contributed by atoms with van der Waals surface area (Å²) in [6.07, 6.45) is 7.76. The van der Waals surface area contributed by atoms with Gasteiger partial charge in [-0.05, 0) is 70.8 Å². The zero-order valence-electron chi connectivity index (χ0n) is 22.8. The summed E-state index contributed by atoms with van der Waals surface area (Å²) in [6, 6.07) is 35.3. The SMILES string of the molecule is CC1(C)c2cc(-c3ccc4c(c3)c3cnccc3n4-c3ccccc3)ccc2-n2c3cnccc3c3cccc1c32. The first kappa shape index (κ1) is 22.6. The summed E-state index contributed by atoms with van der Waals surface area (Å²) in [6.45, 7) is 4.71. The van der Waals surface area contributed by atoms with Crippen molar-refractivity contribution in [3.63, 3.8) is 0 Å². The summed E-state index contributed by atoms with van der Waals surface area (Å²) in [5, 5.41) is 4.91. The molecule has 0 aliphatic carbocycles. The van der Waals surface area contributed by atoms with Crippen LogP contribution < -0.4 is 0 Å². The molecule has 0 atom stereocenters. The lowest BCUT2D eigenvalue weighted by Gasteiger charge is -2.35. The van der Waals surface area contributed by atoms with Gasteiger partial charge in [-0.1, -0.05) is 62.4 Å². The van der Waals surface area contributed by atoms with E-state index >= 15 is 0 Å². The molecule has 0 spiro atoms. The summed E-state index contributed by atoms with van der Waals surface area (Å²) in [7, 11) is 0. The first-order valence-corrected chi connectivity index (χ1v) is 14.1. The van der Waals surface area contributed by atoms with Crippen LogP contribution in [-0.2, 0) is 5.41 Å². The van der Waals surface area contributed by atoms with E-state index in [1.807, 2.05) is 24.8 Å². The second-order valence-electron chi connectivity index (χ2n) is 11.6. The van der Waals surface area contributed by atoms with E-state index in [1.54, 1.807) is 0 Å². The highest BCUT2D eigenvalue weighted by molar-refractivity contribution is 6.12. The molecule has 4 heteroatoms. The molecule has 0 radical (unpaired) electrons. The van der Waals surface area contributed by atoms with Crippen molar-refractivity contribution in [2.45, 2.75) is 19.3 Å². The van der Waals surface area contributed by atoms with Gasteiger partial charge in [-0.3, -0.25) is 9.97 Å². The Morgan fingerprint density at radius 1 is 0.537 bits per heavy atom. The van der Waals surface area contributed by atoms with Gasteiger partial charge >= 0.3 is 0 Å². The molecule has 0 unspecified atom stereocenters. The minimum atomic E-state index is -0.153. The maximum Gasteiger partial charge on any atom is 0.0724 e. The van der Waals surface area contributed by atoms with Crippen molar-refractivity contribution in [1.29, 1.82) is 0 Å². The average molecular weight is 527 g/mol.